The number of ether oxygens (including phenoxy) is 2. The van der Waals surface area contributed by atoms with Crippen molar-refractivity contribution in [1.82, 2.24) is 4.98 Å². The molecule has 142 valence electrons. The van der Waals surface area contributed by atoms with E-state index in [1.807, 2.05) is 20.8 Å². The van der Waals surface area contributed by atoms with Crippen molar-refractivity contribution in [3.05, 3.63) is 39.5 Å². The molecular formula is C19H22BrF2NO3. The van der Waals surface area contributed by atoms with E-state index >= 15 is 0 Å². The van der Waals surface area contributed by atoms with Crippen LogP contribution in [-0.4, -0.2) is 23.2 Å². The summed E-state index contributed by atoms with van der Waals surface area (Å²) in [5.74, 6) is -0.497. The molecule has 1 aromatic carbocycles. The fraction of sp³-hybridized carbons (Fsp3) is 0.474. The number of hydrogen-bond donors (Lipinski definition) is 0. The summed E-state index contributed by atoms with van der Waals surface area (Å²) in [6.45, 7) is 9.28. The van der Waals surface area contributed by atoms with E-state index in [1.165, 1.54) is 6.07 Å². The van der Waals surface area contributed by atoms with Crippen molar-refractivity contribution in [3.63, 3.8) is 0 Å². The maximum atomic E-state index is 12.9. The van der Waals surface area contributed by atoms with Crippen LogP contribution in [0.4, 0.5) is 8.78 Å². The molecular weight excluding hydrogens is 408 g/mol. The summed E-state index contributed by atoms with van der Waals surface area (Å²) in [7, 11) is 0. The van der Waals surface area contributed by atoms with Gasteiger partial charge < -0.3 is 9.47 Å². The van der Waals surface area contributed by atoms with Gasteiger partial charge in [-0.15, -0.1) is 0 Å². The van der Waals surface area contributed by atoms with E-state index in [2.05, 4.69) is 20.9 Å². The zero-order chi connectivity index (χ0) is 19.6. The van der Waals surface area contributed by atoms with E-state index in [9.17, 15) is 13.6 Å². The lowest BCUT2D eigenvalue weighted by atomic mass is 9.99. The van der Waals surface area contributed by atoms with Gasteiger partial charge in [0, 0.05) is 15.4 Å². The van der Waals surface area contributed by atoms with Crippen LogP contribution in [0.15, 0.2) is 22.7 Å². The van der Waals surface area contributed by atoms with Gasteiger partial charge in [-0.2, -0.15) is 0 Å². The summed E-state index contributed by atoms with van der Waals surface area (Å²) in [5, 5.41) is 0.627. The standard InChI is InChI=1S/C19H22BrF2NO3/c1-6-25-18(24)16(26-19(3,4)5)14-10(2)9-13-11(15(14)20)7-8-12(23-13)17(21)22/h7-9,16-17H,6H2,1-5H3. The van der Waals surface area contributed by atoms with E-state index in [4.69, 9.17) is 9.47 Å². The molecule has 0 aliphatic heterocycles. The molecule has 0 aliphatic rings. The van der Waals surface area contributed by atoms with Gasteiger partial charge in [-0.05, 0) is 74.3 Å². The van der Waals surface area contributed by atoms with E-state index < -0.39 is 24.1 Å². The van der Waals surface area contributed by atoms with Crippen LogP contribution in [0.1, 0.15) is 57.0 Å². The third kappa shape index (κ3) is 4.57. The van der Waals surface area contributed by atoms with Crippen LogP contribution in [0.25, 0.3) is 10.9 Å². The van der Waals surface area contributed by atoms with E-state index in [1.54, 1.807) is 26.0 Å². The predicted molar refractivity (Wildman–Crippen MR) is 99.3 cm³/mol. The predicted octanol–water partition coefficient (Wildman–Crippen LogP) is 5.66. The smallest absolute Gasteiger partial charge is 0.340 e. The van der Waals surface area contributed by atoms with Gasteiger partial charge in [0.05, 0.1) is 17.7 Å². The monoisotopic (exact) mass is 429 g/mol. The third-order valence-electron chi connectivity index (χ3n) is 3.66. The average molecular weight is 430 g/mol. The number of nitrogens with zero attached hydrogens (tertiary/aromatic N) is 1. The Bertz CT molecular complexity index is 819. The number of carbonyl (C=O) groups excluding carboxylic acids is 1. The number of fused-ring (bicyclic) bond motifs is 1. The van der Waals surface area contributed by atoms with Crippen LogP contribution in [0.3, 0.4) is 0 Å². The SMILES string of the molecule is CCOC(=O)C(OC(C)(C)C)c1c(C)cc2nc(C(F)F)ccc2c1Br. The summed E-state index contributed by atoms with van der Waals surface area (Å²) >= 11 is 3.51. The molecule has 2 aromatic rings. The second-order valence-electron chi connectivity index (χ2n) is 6.89. The first-order valence-electron chi connectivity index (χ1n) is 8.27. The minimum atomic E-state index is -2.64. The average Bonchev–Trinajstić information content (AvgIpc) is 2.52. The zero-order valence-corrected chi connectivity index (χ0v) is 17.0. The largest absolute Gasteiger partial charge is 0.464 e. The molecule has 0 radical (unpaired) electrons. The van der Waals surface area contributed by atoms with Gasteiger partial charge in [-0.25, -0.2) is 18.6 Å². The van der Waals surface area contributed by atoms with E-state index in [-0.39, 0.29) is 12.3 Å². The van der Waals surface area contributed by atoms with Gasteiger partial charge in [-0.3, -0.25) is 0 Å². The molecule has 4 nitrogen and oxygen atoms in total. The maximum absolute atomic E-state index is 12.9. The van der Waals surface area contributed by atoms with Crippen molar-refractivity contribution in [2.75, 3.05) is 6.61 Å². The lowest BCUT2D eigenvalue weighted by Crippen LogP contribution is -2.29. The number of halogens is 3. The van der Waals surface area contributed by atoms with Crippen LogP contribution in [0.2, 0.25) is 0 Å². The summed E-state index contributed by atoms with van der Waals surface area (Å²) in [6, 6.07) is 4.52. The van der Waals surface area contributed by atoms with Crippen LogP contribution < -0.4 is 0 Å². The third-order valence-corrected chi connectivity index (χ3v) is 4.51. The number of hydrogen-bond acceptors (Lipinski definition) is 4. The molecule has 1 aromatic heterocycles. The first-order valence-corrected chi connectivity index (χ1v) is 9.06. The van der Waals surface area contributed by atoms with E-state index in [0.29, 0.717) is 26.5 Å². The molecule has 0 amide bonds. The van der Waals surface area contributed by atoms with Crippen LogP contribution in [-0.2, 0) is 14.3 Å². The molecule has 26 heavy (non-hydrogen) atoms. The van der Waals surface area contributed by atoms with Gasteiger partial charge in [0.2, 0.25) is 0 Å². The van der Waals surface area contributed by atoms with Gasteiger partial charge in [0.25, 0.3) is 6.43 Å². The Labute approximate surface area is 160 Å². The van der Waals surface area contributed by atoms with Crippen molar-refractivity contribution in [3.8, 4) is 0 Å². The maximum Gasteiger partial charge on any atom is 0.340 e. The molecule has 7 heteroatoms. The molecule has 0 bridgehead atoms. The molecule has 0 fully saturated rings. The molecule has 0 saturated heterocycles. The number of benzene rings is 1. The number of alkyl halides is 2. The van der Waals surface area contributed by atoms with Crippen molar-refractivity contribution in [2.24, 2.45) is 0 Å². The first kappa shape index (κ1) is 20.7. The van der Waals surface area contributed by atoms with Gasteiger partial charge >= 0.3 is 5.97 Å². The topological polar surface area (TPSA) is 48.4 Å². The van der Waals surface area contributed by atoms with Gasteiger partial charge in [0.15, 0.2) is 6.10 Å². The van der Waals surface area contributed by atoms with Crippen molar-refractivity contribution in [2.45, 2.75) is 52.7 Å². The highest BCUT2D eigenvalue weighted by Gasteiger charge is 2.32. The lowest BCUT2D eigenvalue weighted by molar-refractivity contribution is -0.167. The molecule has 0 N–H and O–H groups in total. The number of pyridine rings is 1. The van der Waals surface area contributed by atoms with E-state index in [0.717, 1.165) is 0 Å². The number of aryl methyl sites for hydroxylation is 1. The second kappa shape index (κ2) is 7.96. The highest BCUT2D eigenvalue weighted by molar-refractivity contribution is 9.10. The summed E-state index contributed by atoms with van der Waals surface area (Å²) in [6.07, 6.45) is -3.59. The Kier molecular flexibility index (Phi) is 6.34. The van der Waals surface area contributed by atoms with Gasteiger partial charge in [0.1, 0.15) is 5.69 Å². The molecule has 1 unspecified atom stereocenters. The molecule has 2 rings (SSSR count). The van der Waals surface area contributed by atoms with Crippen molar-refractivity contribution in [1.29, 1.82) is 0 Å². The normalized spacial score (nSPS) is 13.3. The summed E-state index contributed by atoms with van der Waals surface area (Å²) in [5.41, 5.74) is 0.859. The molecule has 0 spiro atoms. The number of carbonyl (C=O) groups is 1. The minimum absolute atomic E-state index is 0.229. The molecule has 0 aliphatic carbocycles. The van der Waals surface area contributed by atoms with Crippen molar-refractivity contribution >= 4 is 32.8 Å². The lowest BCUT2D eigenvalue weighted by Gasteiger charge is -2.28. The number of rotatable bonds is 5. The Morgan fingerprint density at radius 1 is 1.31 bits per heavy atom. The Balaban J connectivity index is 2.64. The zero-order valence-electron chi connectivity index (χ0n) is 15.4. The van der Waals surface area contributed by atoms with Crippen molar-refractivity contribution < 1.29 is 23.0 Å². The van der Waals surface area contributed by atoms with Crippen LogP contribution >= 0.6 is 15.9 Å². The Morgan fingerprint density at radius 3 is 2.50 bits per heavy atom. The molecule has 1 atom stereocenters. The molecule has 1 heterocycles. The fourth-order valence-corrected chi connectivity index (χ4v) is 3.48. The number of aromatic nitrogens is 1. The second-order valence-corrected chi connectivity index (χ2v) is 7.68. The van der Waals surface area contributed by atoms with Gasteiger partial charge in [-0.1, -0.05) is 0 Å². The fourth-order valence-electron chi connectivity index (χ4n) is 2.63. The van der Waals surface area contributed by atoms with Crippen LogP contribution in [0, 0.1) is 6.92 Å². The summed E-state index contributed by atoms with van der Waals surface area (Å²) < 4.78 is 37.6. The number of esters is 1. The first-order chi connectivity index (χ1) is 12.0. The molecule has 0 saturated carbocycles. The van der Waals surface area contributed by atoms with Crippen LogP contribution in [0.5, 0.6) is 0 Å². The highest BCUT2D eigenvalue weighted by atomic mass is 79.9. The highest BCUT2D eigenvalue weighted by Crippen LogP contribution is 2.38. The summed E-state index contributed by atoms with van der Waals surface area (Å²) in [4.78, 5) is 16.5. The Morgan fingerprint density at radius 2 is 1.96 bits per heavy atom. The minimum Gasteiger partial charge on any atom is -0.464 e. The quantitative estimate of drug-likeness (QED) is 0.575. The Hall–Kier alpha value is -1.60.